The molecule has 0 saturated carbocycles. The number of esters is 1. The summed E-state index contributed by atoms with van der Waals surface area (Å²) in [6.45, 7) is 4.86. The molecule has 1 fully saturated rings. The van der Waals surface area contributed by atoms with Crippen molar-refractivity contribution in [1.82, 2.24) is 20.5 Å². The Labute approximate surface area is 350 Å². The number of phenols is 1. The predicted molar refractivity (Wildman–Crippen MR) is 232 cm³/mol. The minimum Gasteiger partial charge on any atom is -0.506 e. The number of ether oxygens (including phenoxy) is 2. The molecule has 2 heterocycles. The van der Waals surface area contributed by atoms with Gasteiger partial charge in [0.05, 0.1) is 18.7 Å². The van der Waals surface area contributed by atoms with Crippen molar-refractivity contribution in [3.05, 3.63) is 177 Å². The smallest absolute Gasteiger partial charge is 0.347 e. The number of pyridine rings is 1. The normalized spacial score (nSPS) is 14.3. The number of amides is 1. The fourth-order valence-electron chi connectivity index (χ4n) is 7.70. The molecule has 6 aromatic rings. The highest BCUT2D eigenvalue weighted by molar-refractivity contribution is 5.94. The van der Waals surface area contributed by atoms with Gasteiger partial charge in [0.1, 0.15) is 18.1 Å². The number of phenolic OH excluding ortho intramolecular Hbond substituents is 1. The number of carbonyl (C=O) groups is 2. The number of aromatic amines is 1. The molecule has 310 valence electrons. The molecule has 0 spiro atoms. The van der Waals surface area contributed by atoms with E-state index in [-0.39, 0.29) is 42.9 Å². The number of likely N-dealkylation sites (tertiary alicyclic amines) is 1. The summed E-state index contributed by atoms with van der Waals surface area (Å²) in [4.78, 5) is 43.5. The van der Waals surface area contributed by atoms with Gasteiger partial charge in [0, 0.05) is 29.1 Å². The zero-order chi connectivity index (χ0) is 41.7. The molecule has 0 aliphatic carbocycles. The van der Waals surface area contributed by atoms with Gasteiger partial charge in [-0.3, -0.25) is 14.5 Å². The average Bonchev–Trinajstić information content (AvgIpc) is 3.28. The van der Waals surface area contributed by atoms with Crippen LogP contribution in [-0.4, -0.2) is 77.9 Å². The molecule has 5 aromatic carbocycles. The van der Waals surface area contributed by atoms with Crippen LogP contribution >= 0.6 is 0 Å². The van der Waals surface area contributed by atoms with E-state index in [0.717, 1.165) is 74.9 Å². The van der Waals surface area contributed by atoms with Gasteiger partial charge in [0.2, 0.25) is 11.2 Å². The van der Waals surface area contributed by atoms with E-state index in [4.69, 9.17) is 9.47 Å². The number of fused-ring (bicyclic) bond motifs is 1. The molecule has 0 unspecified atom stereocenters. The zero-order valence-electron chi connectivity index (χ0n) is 33.6. The summed E-state index contributed by atoms with van der Waals surface area (Å²) >= 11 is 0. The van der Waals surface area contributed by atoms with Gasteiger partial charge in [-0.15, -0.1) is 0 Å². The van der Waals surface area contributed by atoms with Crippen LogP contribution in [0.15, 0.2) is 138 Å². The van der Waals surface area contributed by atoms with Crippen LogP contribution in [0.25, 0.3) is 10.9 Å². The molecule has 11 heteroatoms. The highest BCUT2D eigenvalue weighted by atomic mass is 16.5. The van der Waals surface area contributed by atoms with Gasteiger partial charge in [-0.2, -0.15) is 0 Å². The molecule has 5 N–H and O–H groups in total. The van der Waals surface area contributed by atoms with Crippen molar-refractivity contribution in [2.24, 2.45) is 5.92 Å². The second-order valence-corrected chi connectivity index (χ2v) is 15.3. The molecule has 1 saturated heterocycles. The van der Waals surface area contributed by atoms with Crippen LogP contribution in [0, 0.1) is 5.92 Å². The van der Waals surface area contributed by atoms with E-state index < -0.39 is 11.6 Å². The third kappa shape index (κ3) is 10.7. The monoisotopic (exact) mass is 808 g/mol. The van der Waals surface area contributed by atoms with Gasteiger partial charge in [-0.1, -0.05) is 91.0 Å². The second-order valence-electron chi connectivity index (χ2n) is 15.3. The highest BCUT2D eigenvalue weighted by Gasteiger charge is 2.42. The zero-order valence-corrected chi connectivity index (χ0v) is 33.6. The van der Waals surface area contributed by atoms with Crippen molar-refractivity contribution in [1.29, 1.82) is 0 Å². The van der Waals surface area contributed by atoms with Crippen LogP contribution in [0.4, 0.5) is 0 Å². The van der Waals surface area contributed by atoms with Crippen LogP contribution in [0.1, 0.15) is 51.0 Å². The quantitative estimate of drug-likeness (QED) is 0.0512. The molecule has 7 rings (SSSR count). The van der Waals surface area contributed by atoms with Gasteiger partial charge in [-0.25, -0.2) is 4.79 Å². The lowest BCUT2D eigenvalue weighted by Gasteiger charge is -2.33. The number of nitrogens with one attached hydrogen (secondary N) is 3. The minimum atomic E-state index is -2.04. The van der Waals surface area contributed by atoms with Crippen LogP contribution in [0.3, 0.4) is 0 Å². The van der Waals surface area contributed by atoms with E-state index in [0.29, 0.717) is 28.0 Å². The molecule has 0 radical (unpaired) electrons. The van der Waals surface area contributed by atoms with Gasteiger partial charge >= 0.3 is 5.97 Å². The van der Waals surface area contributed by atoms with Gasteiger partial charge in [0.15, 0.2) is 0 Å². The molecule has 11 nitrogen and oxygen atoms in total. The Morgan fingerprint density at radius 2 is 1.48 bits per heavy atom. The summed E-state index contributed by atoms with van der Waals surface area (Å²) in [7, 11) is 0. The van der Waals surface area contributed by atoms with Crippen molar-refractivity contribution in [3.63, 3.8) is 0 Å². The molecule has 1 amide bonds. The summed E-state index contributed by atoms with van der Waals surface area (Å²) in [5.74, 6) is -0.243. The Bertz CT molecular complexity index is 2400. The Morgan fingerprint density at radius 3 is 2.25 bits per heavy atom. The molecule has 1 aliphatic rings. The summed E-state index contributed by atoms with van der Waals surface area (Å²) in [5.41, 5.74) is 2.83. The summed E-state index contributed by atoms with van der Waals surface area (Å²) in [6.07, 6.45) is 3.33. The third-order valence-electron chi connectivity index (χ3n) is 11.1. The Kier molecular flexibility index (Phi) is 14.0. The number of aromatic hydroxyl groups is 1. The number of hydrogen-bond acceptors (Lipinski definition) is 9. The number of piperidine rings is 1. The predicted octanol–water partition coefficient (Wildman–Crippen LogP) is 6.11. The van der Waals surface area contributed by atoms with E-state index in [9.17, 15) is 24.6 Å². The van der Waals surface area contributed by atoms with E-state index in [1.165, 1.54) is 11.6 Å². The SMILES string of the molecule is O=C(NCCOc1cccc([C@@](O)(C(=O)OCC2CCN(Cc3ccccc3)CC2)c2ccccc2)c1)c1ccc(CCNCCc2ccc(O)c3[nH]c(=O)ccc23)cc1. The van der Waals surface area contributed by atoms with Crippen molar-refractivity contribution in [3.8, 4) is 11.5 Å². The molecular weight excluding hydrogens is 757 g/mol. The lowest BCUT2D eigenvalue weighted by atomic mass is 9.86. The van der Waals surface area contributed by atoms with E-state index >= 15 is 0 Å². The molecule has 1 atom stereocenters. The number of H-pyrrole nitrogens is 1. The maximum Gasteiger partial charge on any atom is 0.347 e. The van der Waals surface area contributed by atoms with E-state index in [2.05, 4.69) is 44.8 Å². The van der Waals surface area contributed by atoms with Crippen molar-refractivity contribution in [2.45, 2.75) is 37.8 Å². The van der Waals surface area contributed by atoms with Crippen molar-refractivity contribution in [2.75, 3.05) is 45.9 Å². The van der Waals surface area contributed by atoms with E-state index in [1.807, 2.05) is 30.3 Å². The summed E-state index contributed by atoms with van der Waals surface area (Å²) in [5, 5.41) is 29.4. The molecule has 1 aliphatic heterocycles. The second kappa shape index (κ2) is 20.1. The van der Waals surface area contributed by atoms with Gasteiger partial charge in [0.25, 0.3) is 5.91 Å². The molecule has 60 heavy (non-hydrogen) atoms. The topological polar surface area (TPSA) is 153 Å². The van der Waals surface area contributed by atoms with Gasteiger partial charge in [-0.05, 0) is 116 Å². The highest BCUT2D eigenvalue weighted by Crippen LogP contribution is 2.34. The van der Waals surface area contributed by atoms with Crippen molar-refractivity contribution >= 4 is 22.8 Å². The maximum absolute atomic E-state index is 13.8. The number of benzene rings is 5. The fourth-order valence-corrected chi connectivity index (χ4v) is 7.70. The first kappa shape index (κ1) is 41.9. The fraction of sp³-hybridized carbons (Fsp3) is 0.286. The summed E-state index contributed by atoms with van der Waals surface area (Å²) < 4.78 is 11.9. The Morgan fingerprint density at radius 1 is 0.767 bits per heavy atom. The number of aliphatic hydroxyl groups is 1. The van der Waals surface area contributed by atoms with Gasteiger partial charge < -0.3 is 35.3 Å². The number of aromatic nitrogens is 1. The van der Waals surface area contributed by atoms with Crippen LogP contribution in [0.5, 0.6) is 11.5 Å². The van der Waals surface area contributed by atoms with Crippen LogP contribution in [0.2, 0.25) is 0 Å². The third-order valence-corrected chi connectivity index (χ3v) is 11.1. The molecule has 0 bridgehead atoms. The number of nitrogens with zero attached hydrogens (tertiary/aromatic N) is 1. The first-order chi connectivity index (χ1) is 29.3. The lowest BCUT2D eigenvalue weighted by molar-refractivity contribution is -0.164. The standard InChI is InChI=1S/C49H52N4O7/c54-44-20-18-38(43-19-21-45(55)52-46(43)44)23-27-50-26-22-35-14-16-39(17-15-35)47(56)51-28-31-59-42-13-7-12-41(32-42)49(58,40-10-5-2-6-11-40)48(57)60-34-37-24-29-53(30-25-37)33-36-8-3-1-4-9-36/h1-21,32,37,50,54,58H,22-31,33-34H2,(H,51,56)(H,52,55)/t49-/m1/s1. The minimum absolute atomic E-state index is 0.0541. The first-order valence-electron chi connectivity index (χ1n) is 20.6. The van der Waals surface area contributed by atoms with Crippen LogP contribution < -0.4 is 20.9 Å². The average molecular weight is 809 g/mol. The number of rotatable bonds is 18. The molecule has 1 aromatic heterocycles. The van der Waals surface area contributed by atoms with Crippen molar-refractivity contribution < 1.29 is 29.3 Å². The van der Waals surface area contributed by atoms with Crippen LogP contribution in [-0.2, 0) is 34.5 Å². The lowest BCUT2D eigenvalue weighted by Crippen LogP contribution is -2.40. The number of hydrogen-bond donors (Lipinski definition) is 5. The molecular formula is C49H52N4O7. The Balaban J connectivity index is 0.854. The van der Waals surface area contributed by atoms with E-state index in [1.54, 1.807) is 72.8 Å². The largest absolute Gasteiger partial charge is 0.506 e. The maximum atomic E-state index is 13.8. The first-order valence-corrected chi connectivity index (χ1v) is 20.6. The summed E-state index contributed by atoms with van der Waals surface area (Å²) in [6, 6.07) is 40.2. The number of carbonyl (C=O) groups excluding carboxylic acids is 2. The Hall–Kier alpha value is -6.27.